The van der Waals surface area contributed by atoms with Crippen LogP contribution in [0.3, 0.4) is 0 Å². The van der Waals surface area contributed by atoms with Gasteiger partial charge in [0.2, 0.25) is 0 Å². The average Bonchev–Trinajstić information content (AvgIpc) is 1.85. The van der Waals surface area contributed by atoms with Gasteiger partial charge in [-0.05, 0) is 0 Å². The Morgan fingerprint density at radius 2 is 2.12 bits per heavy atom. The molecule has 0 atom stereocenters. The number of nitrogens with one attached hydrogen (secondary N) is 1. The summed E-state index contributed by atoms with van der Waals surface area (Å²) in [6.45, 7) is 0. The Morgan fingerprint density at radius 3 is 2.25 bits per heavy atom. The van der Waals surface area contributed by atoms with Gasteiger partial charge in [0.1, 0.15) is 0 Å². The van der Waals surface area contributed by atoms with E-state index in [2.05, 4.69) is 5.32 Å². The molecule has 0 unspecified atom stereocenters. The van der Waals surface area contributed by atoms with Crippen molar-refractivity contribution in [2.75, 3.05) is 0 Å². The first-order valence-electron chi connectivity index (χ1n) is 1.77. The van der Waals surface area contributed by atoms with Crippen molar-refractivity contribution in [3.05, 3.63) is 0 Å². The van der Waals surface area contributed by atoms with Crippen molar-refractivity contribution >= 4 is 25.5 Å². The minimum atomic E-state index is 0.500. The van der Waals surface area contributed by atoms with Crippen molar-refractivity contribution in [3.63, 3.8) is 0 Å². The third kappa shape index (κ3) is 1.40. The van der Waals surface area contributed by atoms with E-state index in [1.165, 1.54) is 38.7 Å². The fourth-order valence-corrected chi connectivity index (χ4v) is 1.92. The molecule has 0 spiro atoms. The van der Waals surface area contributed by atoms with Crippen LogP contribution in [-0.4, -0.2) is 13.3 Å². The van der Waals surface area contributed by atoms with Gasteiger partial charge in [-0.1, -0.05) is 0 Å². The van der Waals surface area contributed by atoms with E-state index in [1.807, 2.05) is 0 Å². The first-order chi connectivity index (χ1) is 3.70. The first kappa shape index (κ1) is 6.92. The van der Waals surface area contributed by atoms with Crippen LogP contribution < -0.4 is 5.32 Å². The van der Waals surface area contributed by atoms with Crippen molar-refractivity contribution in [3.8, 4) is 0 Å². The molecule has 0 aromatic carbocycles. The van der Waals surface area contributed by atoms with Gasteiger partial charge in [-0.2, -0.15) is 0 Å². The Hall–Kier alpha value is 0.807. The van der Waals surface area contributed by atoms with Crippen molar-refractivity contribution < 1.29 is 43.4 Å². The van der Waals surface area contributed by atoms with Gasteiger partial charge in [-0.3, -0.25) is 0 Å². The molecule has 0 aromatic rings. The van der Waals surface area contributed by atoms with E-state index >= 15 is 0 Å². The van der Waals surface area contributed by atoms with Crippen molar-refractivity contribution in [1.82, 2.24) is 5.32 Å². The summed E-state index contributed by atoms with van der Waals surface area (Å²) >= 11 is 7.44. The Labute approximate surface area is 73.8 Å². The molecule has 42 valence electrons. The molecule has 0 aliphatic carbocycles. The maximum absolute atomic E-state index is 5.03. The van der Waals surface area contributed by atoms with Crippen LogP contribution in [0.4, 0.5) is 0 Å². The van der Waals surface area contributed by atoms with Gasteiger partial charge in [0, 0.05) is 0 Å². The molecule has 5 heteroatoms. The molecule has 1 heterocycles. The van der Waals surface area contributed by atoms with Gasteiger partial charge in [0.05, 0.1) is 0 Å². The van der Waals surface area contributed by atoms with Gasteiger partial charge in [0.15, 0.2) is 0 Å². The molecule has 1 fully saturated rings. The monoisotopic (exact) mass is 467 g/mol. The summed E-state index contributed by atoms with van der Waals surface area (Å²) in [5, 5.41) is 3.41. The van der Waals surface area contributed by atoms with Gasteiger partial charge >= 0.3 is 74.3 Å². The standard InChI is InChI=1S/C3HNOS.2W/c6-3-4-1-2-5-3;;/h(H,4,6);;. The van der Waals surface area contributed by atoms with Crippen LogP contribution in [0.2, 0.25) is 0 Å². The van der Waals surface area contributed by atoms with Gasteiger partial charge in [0.25, 0.3) is 0 Å². The summed E-state index contributed by atoms with van der Waals surface area (Å²) in [5.41, 5.74) is 0. The summed E-state index contributed by atoms with van der Waals surface area (Å²) in [6, 6.07) is 0. The van der Waals surface area contributed by atoms with Crippen molar-refractivity contribution in [2.24, 2.45) is 0 Å². The Balaban J connectivity index is 2.79. The van der Waals surface area contributed by atoms with E-state index in [4.69, 9.17) is 17.0 Å². The van der Waals surface area contributed by atoms with Crippen molar-refractivity contribution in [1.29, 1.82) is 0 Å². The molecule has 0 saturated carbocycles. The SMILES string of the molecule is S=C1N[C](=[W])[C](=[W])O1. The van der Waals surface area contributed by atoms with Crippen LogP contribution in [0.15, 0.2) is 0 Å². The second-order valence-corrected chi connectivity index (χ2v) is 4.30. The molecular formula is C3HNOSW2. The Morgan fingerprint density at radius 1 is 1.50 bits per heavy atom. The quantitative estimate of drug-likeness (QED) is 0.475. The van der Waals surface area contributed by atoms with Gasteiger partial charge in [-0.25, -0.2) is 0 Å². The van der Waals surface area contributed by atoms with E-state index in [-0.39, 0.29) is 0 Å². The number of thiocarbonyl (C=S) groups is 1. The summed E-state index contributed by atoms with van der Waals surface area (Å²) in [7, 11) is 0. The van der Waals surface area contributed by atoms with Gasteiger partial charge < -0.3 is 0 Å². The van der Waals surface area contributed by atoms with E-state index in [0.29, 0.717) is 5.17 Å². The fraction of sp³-hybridized carbons (Fsp3) is 0. The van der Waals surface area contributed by atoms with Crippen LogP contribution in [0, 0.1) is 0 Å². The molecule has 0 bridgehead atoms. The molecular weight excluding hydrogens is 466 g/mol. The molecule has 0 amide bonds. The zero-order valence-electron chi connectivity index (χ0n) is 3.63. The van der Waals surface area contributed by atoms with E-state index in [1.54, 1.807) is 0 Å². The molecule has 0 aromatic heterocycles. The zero-order valence-corrected chi connectivity index (χ0v) is 10.3. The first-order valence-corrected chi connectivity index (χ1v) is 5.11. The Kier molecular flexibility index (Phi) is 2.24. The molecule has 2 nitrogen and oxygen atoms in total. The third-order valence-corrected chi connectivity index (χ3v) is 4.85. The molecule has 1 N–H and O–H groups in total. The number of rotatable bonds is 0. The predicted octanol–water partition coefficient (Wildman–Crippen LogP) is -0.755. The zero-order chi connectivity index (χ0) is 6.15. The fourth-order valence-electron chi connectivity index (χ4n) is 0.300. The van der Waals surface area contributed by atoms with Crippen LogP contribution in [-0.2, 0) is 43.4 Å². The number of hydrogen-bond donors (Lipinski definition) is 1. The van der Waals surface area contributed by atoms with Crippen LogP contribution >= 0.6 is 12.2 Å². The second-order valence-electron chi connectivity index (χ2n) is 1.13. The summed E-state index contributed by atoms with van der Waals surface area (Å²) in [6.07, 6.45) is 0. The van der Waals surface area contributed by atoms with Crippen LogP contribution in [0.5, 0.6) is 0 Å². The second kappa shape index (κ2) is 2.59. The number of ether oxygens (including phenoxy) is 1. The normalized spacial score (nSPS) is 18.2. The molecule has 8 heavy (non-hydrogen) atoms. The van der Waals surface area contributed by atoms with Crippen LogP contribution in [0.25, 0.3) is 0 Å². The molecule has 1 aliphatic rings. The molecule has 1 aliphatic heterocycles. The summed E-state index contributed by atoms with van der Waals surface area (Å²) in [5.74, 6) is 0. The third-order valence-electron chi connectivity index (χ3n) is 0.586. The summed E-state index contributed by atoms with van der Waals surface area (Å²) in [4.78, 5) is 0. The minimum absolute atomic E-state index is 0.500. The van der Waals surface area contributed by atoms with E-state index < -0.39 is 0 Å². The van der Waals surface area contributed by atoms with E-state index in [0.717, 1.165) is 8.11 Å². The van der Waals surface area contributed by atoms with Crippen LogP contribution in [0.1, 0.15) is 0 Å². The predicted molar refractivity (Wildman–Crippen MR) is 26.8 cm³/mol. The molecule has 1 saturated heterocycles. The van der Waals surface area contributed by atoms with Gasteiger partial charge in [-0.15, -0.1) is 0 Å². The topological polar surface area (TPSA) is 21.3 Å². The number of hydrogen-bond acceptors (Lipinski definition) is 2. The molecule has 1 rings (SSSR count). The summed E-state index contributed by atoms with van der Waals surface area (Å²) < 4.78 is 7.15. The van der Waals surface area contributed by atoms with E-state index in [9.17, 15) is 0 Å². The Bertz CT molecular complexity index is 160. The van der Waals surface area contributed by atoms with Crippen molar-refractivity contribution in [2.45, 2.75) is 0 Å². The molecule has 0 radical (unpaired) electrons. The maximum atomic E-state index is 5.03. The average molecular weight is 467 g/mol.